The Hall–Kier alpha value is -1.16. The lowest BCUT2D eigenvalue weighted by Gasteiger charge is -2.60. The van der Waals surface area contributed by atoms with Gasteiger partial charge in [-0.1, -0.05) is 31.2 Å². The topological polar surface area (TPSA) is 64.7 Å². The van der Waals surface area contributed by atoms with E-state index in [1.54, 1.807) is 0 Å². The summed E-state index contributed by atoms with van der Waals surface area (Å²) in [7, 11) is 0. The van der Waals surface area contributed by atoms with Gasteiger partial charge in [-0.3, -0.25) is 4.79 Å². The van der Waals surface area contributed by atoms with Crippen molar-refractivity contribution in [3.8, 4) is 0 Å². The number of nitrogens with two attached hydrogens (primary N) is 1. The summed E-state index contributed by atoms with van der Waals surface area (Å²) in [6.45, 7) is 10.3. The monoisotopic (exact) mass is 358 g/mol. The first-order valence-corrected chi connectivity index (χ1v) is 10.5. The zero-order chi connectivity index (χ0) is 18.5. The maximum atomic E-state index is 12.6. The summed E-state index contributed by atoms with van der Waals surface area (Å²) in [6, 6.07) is 0. The standard InChI is InChI=1S/C22H34N2O2/c1-14-12-15-13-16(24-26-11-10-23)6-8-21(15,2)18-7-9-22(3)17(20(14)18)4-5-19(22)25/h15,17-18,20H,1,4-13,23H2,2-3H3/t15?,17-,18+,20-,21-,22-/m0/s1. The fourth-order valence-corrected chi connectivity index (χ4v) is 6.98. The second kappa shape index (κ2) is 6.47. The minimum Gasteiger partial charge on any atom is -0.395 e. The Morgan fingerprint density at radius 1 is 1.19 bits per heavy atom. The van der Waals surface area contributed by atoms with Crippen LogP contribution in [0.2, 0.25) is 0 Å². The molecular weight excluding hydrogens is 324 g/mol. The highest BCUT2D eigenvalue weighted by Crippen LogP contribution is 2.66. The Balaban J connectivity index is 1.57. The van der Waals surface area contributed by atoms with E-state index in [1.165, 1.54) is 24.1 Å². The minimum atomic E-state index is -0.0787. The molecule has 1 unspecified atom stereocenters. The number of hydrogen-bond acceptors (Lipinski definition) is 4. The lowest BCUT2D eigenvalue weighted by atomic mass is 9.44. The van der Waals surface area contributed by atoms with Crippen LogP contribution in [0.25, 0.3) is 0 Å². The Bertz CT molecular complexity index is 642. The van der Waals surface area contributed by atoms with Crippen LogP contribution in [-0.2, 0) is 9.63 Å². The molecule has 4 nitrogen and oxygen atoms in total. The van der Waals surface area contributed by atoms with Crippen molar-refractivity contribution in [2.24, 2.45) is 45.4 Å². The van der Waals surface area contributed by atoms with E-state index in [2.05, 4.69) is 25.6 Å². The number of Topliss-reactive ketones (excluding diaryl/α,β-unsaturated/α-hetero) is 1. The average molecular weight is 359 g/mol. The minimum absolute atomic E-state index is 0.0787. The van der Waals surface area contributed by atoms with Gasteiger partial charge in [-0.25, -0.2) is 0 Å². The molecule has 0 radical (unpaired) electrons. The van der Waals surface area contributed by atoms with Crippen molar-refractivity contribution < 1.29 is 9.63 Å². The van der Waals surface area contributed by atoms with Gasteiger partial charge in [-0.15, -0.1) is 0 Å². The molecule has 0 bridgehead atoms. The van der Waals surface area contributed by atoms with Crippen molar-refractivity contribution in [2.75, 3.05) is 13.2 Å². The second-order valence-electron chi connectivity index (χ2n) is 9.71. The summed E-state index contributed by atoms with van der Waals surface area (Å²) < 4.78 is 0. The van der Waals surface area contributed by atoms with Crippen LogP contribution in [0.5, 0.6) is 0 Å². The normalized spacial score (nSPS) is 46.7. The summed E-state index contributed by atoms with van der Waals surface area (Å²) in [5.41, 5.74) is 8.38. The van der Waals surface area contributed by atoms with E-state index in [1.807, 2.05) is 0 Å². The Morgan fingerprint density at radius 3 is 2.77 bits per heavy atom. The van der Waals surface area contributed by atoms with E-state index in [4.69, 9.17) is 10.6 Å². The fourth-order valence-electron chi connectivity index (χ4n) is 6.98. The molecule has 4 aliphatic carbocycles. The number of ketones is 1. The van der Waals surface area contributed by atoms with Crippen molar-refractivity contribution in [3.63, 3.8) is 0 Å². The molecule has 0 aromatic heterocycles. The molecule has 4 saturated carbocycles. The van der Waals surface area contributed by atoms with Crippen LogP contribution in [0.3, 0.4) is 0 Å². The van der Waals surface area contributed by atoms with Gasteiger partial charge in [0, 0.05) is 18.4 Å². The number of rotatable bonds is 3. The quantitative estimate of drug-likeness (QED) is 0.469. The van der Waals surface area contributed by atoms with Gasteiger partial charge in [0.05, 0.1) is 5.71 Å². The van der Waals surface area contributed by atoms with E-state index >= 15 is 0 Å². The van der Waals surface area contributed by atoms with Crippen molar-refractivity contribution >= 4 is 11.5 Å². The van der Waals surface area contributed by atoms with E-state index in [9.17, 15) is 4.79 Å². The third-order valence-corrected chi connectivity index (χ3v) is 8.58. The largest absolute Gasteiger partial charge is 0.395 e. The smallest absolute Gasteiger partial charge is 0.139 e. The molecule has 4 aliphatic rings. The van der Waals surface area contributed by atoms with Crippen LogP contribution in [0.1, 0.15) is 65.2 Å². The van der Waals surface area contributed by atoms with Gasteiger partial charge in [0.25, 0.3) is 0 Å². The fraction of sp³-hybridized carbons (Fsp3) is 0.818. The predicted octanol–water partition coefficient (Wildman–Crippen LogP) is 4.10. The van der Waals surface area contributed by atoms with Crippen LogP contribution in [-0.4, -0.2) is 24.6 Å². The van der Waals surface area contributed by atoms with Crippen LogP contribution in [0.15, 0.2) is 17.3 Å². The highest BCUT2D eigenvalue weighted by atomic mass is 16.6. The SMILES string of the molecule is C=C1CC2CC(=NOCCN)CC[C@]2(C)[C@@H]2CC[C@]3(C)C(=O)CC[C@H]3[C@H]12. The van der Waals surface area contributed by atoms with Gasteiger partial charge in [-0.05, 0) is 74.0 Å². The van der Waals surface area contributed by atoms with E-state index in [-0.39, 0.29) is 5.41 Å². The summed E-state index contributed by atoms with van der Waals surface area (Å²) >= 11 is 0. The van der Waals surface area contributed by atoms with Crippen LogP contribution in [0, 0.1) is 34.5 Å². The number of allylic oxidation sites excluding steroid dienone is 1. The molecule has 144 valence electrons. The molecule has 0 aliphatic heterocycles. The van der Waals surface area contributed by atoms with E-state index < -0.39 is 0 Å². The highest BCUT2D eigenvalue weighted by Gasteiger charge is 2.61. The molecule has 0 amide bonds. The van der Waals surface area contributed by atoms with E-state index in [0.717, 1.165) is 38.5 Å². The third-order valence-electron chi connectivity index (χ3n) is 8.58. The number of oxime groups is 1. The molecular formula is C22H34N2O2. The summed E-state index contributed by atoms with van der Waals surface area (Å²) in [4.78, 5) is 17.9. The first-order chi connectivity index (χ1) is 12.4. The molecule has 2 N–H and O–H groups in total. The van der Waals surface area contributed by atoms with Gasteiger partial charge < -0.3 is 10.6 Å². The molecule has 4 heteroatoms. The molecule has 0 aromatic rings. The molecule has 4 fully saturated rings. The maximum Gasteiger partial charge on any atom is 0.139 e. The van der Waals surface area contributed by atoms with Gasteiger partial charge in [0.1, 0.15) is 12.4 Å². The number of carbonyl (C=O) groups is 1. The zero-order valence-corrected chi connectivity index (χ0v) is 16.4. The number of hydrogen-bond donors (Lipinski definition) is 1. The molecule has 0 spiro atoms. The summed E-state index contributed by atoms with van der Waals surface area (Å²) in [6.07, 6.45) is 8.48. The Morgan fingerprint density at radius 2 is 2.00 bits per heavy atom. The average Bonchev–Trinajstić information content (AvgIpc) is 2.92. The van der Waals surface area contributed by atoms with Crippen molar-refractivity contribution in [1.29, 1.82) is 0 Å². The predicted molar refractivity (Wildman–Crippen MR) is 104 cm³/mol. The van der Waals surface area contributed by atoms with Gasteiger partial charge in [-0.2, -0.15) is 0 Å². The molecule has 0 saturated heterocycles. The molecule has 4 rings (SSSR count). The van der Waals surface area contributed by atoms with Crippen LogP contribution < -0.4 is 5.73 Å². The van der Waals surface area contributed by atoms with Gasteiger partial charge in [0.15, 0.2) is 0 Å². The molecule has 0 aromatic carbocycles. The van der Waals surface area contributed by atoms with Crippen molar-refractivity contribution in [2.45, 2.75) is 65.2 Å². The number of nitrogens with zero attached hydrogens (tertiary/aromatic N) is 1. The van der Waals surface area contributed by atoms with Crippen LogP contribution >= 0.6 is 0 Å². The molecule has 26 heavy (non-hydrogen) atoms. The lowest BCUT2D eigenvalue weighted by molar-refractivity contribution is -0.133. The highest BCUT2D eigenvalue weighted by molar-refractivity contribution is 5.87. The summed E-state index contributed by atoms with van der Waals surface area (Å²) in [5, 5.41) is 4.36. The molecule has 6 atom stereocenters. The lowest BCUT2D eigenvalue weighted by Crippen LogP contribution is -2.54. The first kappa shape index (κ1) is 18.2. The zero-order valence-electron chi connectivity index (χ0n) is 16.4. The van der Waals surface area contributed by atoms with Gasteiger partial charge in [0.2, 0.25) is 0 Å². The van der Waals surface area contributed by atoms with Crippen molar-refractivity contribution in [1.82, 2.24) is 0 Å². The Kier molecular flexibility index (Phi) is 4.53. The maximum absolute atomic E-state index is 12.6. The number of carbonyl (C=O) groups excluding carboxylic acids is 1. The first-order valence-electron chi connectivity index (χ1n) is 10.5. The van der Waals surface area contributed by atoms with Crippen LogP contribution in [0.4, 0.5) is 0 Å². The van der Waals surface area contributed by atoms with Gasteiger partial charge >= 0.3 is 0 Å². The Labute approximate surface area is 157 Å². The number of fused-ring (bicyclic) bond motifs is 5. The third kappa shape index (κ3) is 2.59. The summed E-state index contributed by atoms with van der Waals surface area (Å²) in [5.74, 6) is 2.89. The van der Waals surface area contributed by atoms with Crippen molar-refractivity contribution in [3.05, 3.63) is 12.2 Å². The van der Waals surface area contributed by atoms with E-state index in [0.29, 0.717) is 48.0 Å². The second-order valence-corrected chi connectivity index (χ2v) is 9.71. The molecule has 0 heterocycles.